The Kier molecular flexibility index (Phi) is 7.31. The molecule has 0 saturated carbocycles. The van der Waals surface area contributed by atoms with E-state index in [2.05, 4.69) is 46.6 Å². The maximum absolute atomic E-state index is 11.8. The zero-order valence-corrected chi connectivity index (χ0v) is 16.2. The van der Waals surface area contributed by atoms with Gasteiger partial charge in [0.1, 0.15) is 0 Å². The first kappa shape index (κ1) is 20.2. The van der Waals surface area contributed by atoms with Crippen molar-refractivity contribution in [2.45, 2.75) is 103 Å². The van der Waals surface area contributed by atoms with Gasteiger partial charge in [-0.15, -0.1) is 0 Å². The molecule has 0 spiro atoms. The Balaban J connectivity index is 2.78. The number of likely N-dealkylation sites (tertiary alicyclic amines) is 1. The number of hydrogen-bond acceptors (Lipinski definition) is 2. The van der Waals surface area contributed by atoms with Crippen LogP contribution in [0.15, 0.2) is 11.1 Å². The van der Waals surface area contributed by atoms with Crippen LogP contribution >= 0.6 is 0 Å². The van der Waals surface area contributed by atoms with Crippen molar-refractivity contribution < 1.29 is 9.90 Å². The summed E-state index contributed by atoms with van der Waals surface area (Å²) in [5.74, 6) is -0.704. The normalized spacial score (nSPS) is 20.5. The fourth-order valence-electron chi connectivity index (χ4n) is 3.89. The number of aliphatic carboxylic acids is 1. The zero-order chi connectivity index (χ0) is 17.7. The van der Waals surface area contributed by atoms with E-state index >= 15 is 0 Å². The number of nitrogens with zero attached hydrogens (tertiary/aromatic N) is 1. The Morgan fingerprint density at radius 3 is 1.96 bits per heavy atom. The average molecular weight is 324 g/mol. The minimum absolute atomic E-state index is 0.0128. The lowest BCUT2D eigenvalue weighted by molar-refractivity contribution is -0.133. The molecule has 0 aromatic heterocycles. The fraction of sp³-hybridized carbons (Fsp3) is 0.850. The first-order chi connectivity index (χ1) is 10.6. The largest absolute Gasteiger partial charge is 0.478 e. The number of carboxylic acids is 1. The highest BCUT2D eigenvalue weighted by atomic mass is 16.4. The zero-order valence-electron chi connectivity index (χ0n) is 16.2. The van der Waals surface area contributed by atoms with E-state index < -0.39 is 5.97 Å². The Morgan fingerprint density at radius 1 is 1.00 bits per heavy atom. The van der Waals surface area contributed by atoms with Crippen molar-refractivity contribution in [3.05, 3.63) is 11.1 Å². The third kappa shape index (κ3) is 5.63. The van der Waals surface area contributed by atoms with Crippen molar-refractivity contribution in [3.8, 4) is 0 Å². The molecule has 1 saturated heterocycles. The van der Waals surface area contributed by atoms with E-state index in [1.165, 1.54) is 31.3 Å². The van der Waals surface area contributed by atoms with Crippen LogP contribution in [0.4, 0.5) is 0 Å². The molecule has 0 bridgehead atoms. The number of rotatable bonds is 8. The quantitative estimate of drug-likeness (QED) is 0.480. The van der Waals surface area contributed by atoms with Gasteiger partial charge in [0.05, 0.1) is 0 Å². The monoisotopic (exact) mass is 323 g/mol. The molecule has 1 fully saturated rings. The first-order valence-corrected chi connectivity index (χ1v) is 9.30. The third-order valence-electron chi connectivity index (χ3n) is 5.57. The van der Waals surface area contributed by atoms with E-state index in [1.54, 1.807) is 0 Å². The first-order valence-electron chi connectivity index (χ1n) is 9.30. The van der Waals surface area contributed by atoms with Crippen LogP contribution in [0.2, 0.25) is 0 Å². The van der Waals surface area contributed by atoms with Crippen LogP contribution in [0, 0.1) is 0 Å². The molecule has 0 unspecified atom stereocenters. The maximum Gasteiger partial charge on any atom is 0.331 e. The van der Waals surface area contributed by atoms with Crippen molar-refractivity contribution in [3.63, 3.8) is 0 Å². The summed E-state index contributed by atoms with van der Waals surface area (Å²) in [5, 5.41) is 9.70. The van der Waals surface area contributed by atoms with Crippen molar-refractivity contribution in [1.82, 2.24) is 4.90 Å². The lowest BCUT2D eigenvalue weighted by atomic mass is 9.75. The van der Waals surface area contributed by atoms with Gasteiger partial charge >= 0.3 is 5.97 Å². The van der Waals surface area contributed by atoms with E-state index in [0.29, 0.717) is 5.57 Å². The van der Waals surface area contributed by atoms with Gasteiger partial charge in [-0.2, -0.15) is 0 Å². The molecule has 0 atom stereocenters. The second kappa shape index (κ2) is 8.32. The summed E-state index contributed by atoms with van der Waals surface area (Å²) in [6.45, 7) is 11.1. The lowest BCUT2D eigenvalue weighted by Crippen LogP contribution is -2.57. The van der Waals surface area contributed by atoms with Crippen LogP contribution in [0.25, 0.3) is 0 Å². The maximum atomic E-state index is 11.8. The second-order valence-corrected chi connectivity index (χ2v) is 8.44. The van der Waals surface area contributed by atoms with Crippen LogP contribution < -0.4 is 0 Å². The summed E-state index contributed by atoms with van der Waals surface area (Å²) in [7, 11) is 2.16. The van der Waals surface area contributed by atoms with E-state index in [9.17, 15) is 9.90 Å². The topological polar surface area (TPSA) is 40.5 Å². The van der Waals surface area contributed by atoms with Crippen molar-refractivity contribution in [2.24, 2.45) is 0 Å². The average Bonchev–Trinajstić information content (AvgIpc) is 2.42. The van der Waals surface area contributed by atoms with E-state index in [1.807, 2.05) is 0 Å². The molecular formula is C20H37NO2. The summed E-state index contributed by atoms with van der Waals surface area (Å²) in [4.78, 5) is 14.2. The molecule has 3 heteroatoms. The van der Waals surface area contributed by atoms with Crippen molar-refractivity contribution in [1.29, 1.82) is 0 Å². The van der Waals surface area contributed by atoms with Crippen LogP contribution in [0.3, 0.4) is 0 Å². The highest BCUT2D eigenvalue weighted by Crippen LogP contribution is 2.41. The summed E-state index contributed by atoms with van der Waals surface area (Å²) >= 11 is 0. The minimum Gasteiger partial charge on any atom is -0.478 e. The number of unbranched alkanes of at least 4 members (excludes halogenated alkanes) is 5. The van der Waals surface area contributed by atoms with Gasteiger partial charge in [-0.1, -0.05) is 44.6 Å². The Labute approximate surface area is 143 Å². The number of carbonyl (C=O) groups is 1. The third-order valence-corrected chi connectivity index (χ3v) is 5.57. The molecule has 3 nitrogen and oxygen atoms in total. The van der Waals surface area contributed by atoms with Gasteiger partial charge in [0.25, 0.3) is 0 Å². The molecule has 1 aliphatic heterocycles. The highest BCUT2D eigenvalue weighted by Gasteiger charge is 2.41. The van der Waals surface area contributed by atoms with Gasteiger partial charge in [-0.3, -0.25) is 4.90 Å². The molecule has 23 heavy (non-hydrogen) atoms. The standard InChI is InChI=1S/C20H37NO2/c1-7-8-9-10-11-12-13-17(18(22)23)16-14-19(2,3)21(6)20(4,5)15-16/h7-15H2,1-6H3,(H,22,23). The van der Waals surface area contributed by atoms with E-state index in [-0.39, 0.29) is 11.1 Å². The number of piperidine rings is 1. The van der Waals surface area contributed by atoms with E-state index in [0.717, 1.165) is 32.1 Å². The van der Waals surface area contributed by atoms with Crippen LogP contribution in [-0.2, 0) is 4.79 Å². The Hall–Kier alpha value is -0.830. The summed E-state index contributed by atoms with van der Waals surface area (Å²) in [6, 6.07) is 0. The Bertz CT molecular complexity index is 415. The smallest absolute Gasteiger partial charge is 0.331 e. The van der Waals surface area contributed by atoms with Gasteiger partial charge in [0.15, 0.2) is 0 Å². The molecule has 134 valence electrons. The van der Waals surface area contributed by atoms with Crippen molar-refractivity contribution in [2.75, 3.05) is 7.05 Å². The predicted octanol–water partition coefficient (Wildman–Crippen LogP) is 5.40. The van der Waals surface area contributed by atoms with Gasteiger partial charge in [0, 0.05) is 16.7 Å². The lowest BCUT2D eigenvalue weighted by Gasteiger charge is -2.52. The van der Waals surface area contributed by atoms with E-state index in [4.69, 9.17) is 0 Å². The molecule has 0 aliphatic carbocycles. The molecule has 1 N–H and O–H groups in total. The number of hydrogen-bond donors (Lipinski definition) is 1. The van der Waals surface area contributed by atoms with Gasteiger partial charge < -0.3 is 5.11 Å². The fourth-order valence-corrected chi connectivity index (χ4v) is 3.89. The molecular weight excluding hydrogens is 286 g/mol. The minimum atomic E-state index is -0.704. The summed E-state index contributed by atoms with van der Waals surface area (Å²) in [6.07, 6.45) is 9.67. The van der Waals surface area contributed by atoms with Gasteiger partial charge in [0.2, 0.25) is 0 Å². The SMILES string of the molecule is CCCCCCCCC(C(=O)O)=C1CC(C)(C)N(C)C(C)(C)C1. The number of carboxylic acid groups (broad SMARTS) is 1. The molecule has 0 aromatic carbocycles. The van der Waals surface area contributed by atoms with Gasteiger partial charge in [-0.25, -0.2) is 4.79 Å². The van der Waals surface area contributed by atoms with Crippen LogP contribution in [0.5, 0.6) is 0 Å². The summed E-state index contributed by atoms with van der Waals surface area (Å²) < 4.78 is 0. The highest BCUT2D eigenvalue weighted by molar-refractivity contribution is 5.87. The Morgan fingerprint density at radius 2 is 1.48 bits per heavy atom. The van der Waals surface area contributed by atoms with Crippen LogP contribution in [-0.4, -0.2) is 34.1 Å². The second-order valence-electron chi connectivity index (χ2n) is 8.44. The molecule has 1 aliphatic rings. The molecule has 1 heterocycles. The van der Waals surface area contributed by atoms with Crippen LogP contribution in [0.1, 0.15) is 92.4 Å². The molecule has 1 rings (SSSR count). The summed E-state index contributed by atoms with van der Waals surface area (Å²) in [5.41, 5.74) is 1.88. The molecule has 0 radical (unpaired) electrons. The predicted molar refractivity (Wildman–Crippen MR) is 97.8 cm³/mol. The molecule has 0 aromatic rings. The molecule has 0 amide bonds. The van der Waals surface area contributed by atoms with Crippen molar-refractivity contribution >= 4 is 5.97 Å². The van der Waals surface area contributed by atoms with Gasteiger partial charge in [-0.05, 0) is 60.4 Å².